The number of aromatic nitrogens is 4. The van der Waals surface area contributed by atoms with Crippen molar-refractivity contribution in [2.45, 2.75) is 44.4 Å². The summed E-state index contributed by atoms with van der Waals surface area (Å²) in [6.45, 7) is 0.919. The first-order chi connectivity index (χ1) is 18.4. The Morgan fingerprint density at radius 3 is 2.63 bits per heavy atom. The van der Waals surface area contributed by atoms with Crippen LogP contribution in [0.5, 0.6) is 11.9 Å². The maximum absolute atomic E-state index is 13.5. The number of benzene rings is 1. The molecule has 2 aromatic heterocycles. The average Bonchev–Trinajstić information content (AvgIpc) is 3.23. The zero-order chi connectivity index (χ0) is 26.6. The highest BCUT2D eigenvalue weighted by atomic mass is 16.5. The summed E-state index contributed by atoms with van der Waals surface area (Å²) >= 11 is 0. The summed E-state index contributed by atoms with van der Waals surface area (Å²) in [6.07, 6.45) is 8.34. The molecule has 5 rings (SSSR count). The molecule has 1 fully saturated rings. The number of hydrogen-bond donors (Lipinski definition) is 2. The molecule has 11 heteroatoms. The van der Waals surface area contributed by atoms with Crippen LogP contribution in [0, 0.1) is 5.92 Å². The van der Waals surface area contributed by atoms with Crippen LogP contribution in [0.4, 0.5) is 11.5 Å². The molecule has 0 saturated heterocycles. The average molecular weight is 521 g/mol. The summed E-state index contributed by atoms with van der Waals surface area (Å²) in [4.78, 5) is 34.6. The molecule has 0 unspecified atom stereocenters. The zero-order valence-corrected chi connectivity index (χ0v) is 21.4. The van der Waals surface area contributed by atoms with Gasteiger partial charge in [-0.15, -0.1) is 0 Å². The Labute approximate surface area is 220 Å². The number of aliphatic carboxylic acids is 1. The van der Waals surface area contributed by atoms with Crippen LogP contribution in [0.15, 0.2) is 36.7 Å². The highest BCUT2D eigenvalue weighted by Crippen LogP contribution is 2.38. The Bertz CT molecular complexity index is 1300. The van der Waals surface area contributed by atoms with E-state index in [9.17, 15) is 9.59 Å². The Morgan fingerprint density at radius 1 is 1.18 bits per heavy atom. The standard InChI is InChI=1S/C27H32N6O5/c1-32-16-18(15-29-32)10-12-38-27-30-24(28)23-25(31-27)37-13-11-33(26(23)36)21-8-6-20(7-9-21)19-4-2-17(3-5-19)14-22(34)35/h6-9,15-17,19H,2-5,10-14H2,1H3,(H,34,35)(H2,28,30,31). The van der Waals surface area contributed by atoms with Crippen molar-refractivity contribution in [1.29, 1.82) is 0 Å². The van der Waals surface area contributed by atoms with E-state index < -0.39 is 5.97 Å². The Balaban J connectivity index is 1.24. The summed E-state index contributed by atoms with van der Waals surface area (Å²) in [5.41, 5.74) is 9.28. The van der Waals surface area contributed by atoms with Crippen molar-refractivity contribution in [3.05, 3.63) is 53.3 Å². The van der Waals surface area contributed by atoms with Crippen molar-refractivity contribution in [2.75, 3.05) is 30.4 Å². The molecule has 0 spiro atoms. The minimum absolute atomic E-state index is 0.0121. The third-order valence-electron chi connectivity index (χ3n) is 7.26. The molecule has 1 aliphatic heterocycles. The van der Waals surface area contributed by atoms with Gasteiger partial charge in [0.2, 0.25) is 5.88 Å². The molecule has 0 bridgehead atoms. The van der Waals surface area contributed by atoms with Crippen molar-refractivity contribution < 1.29 is 24.2 Å². The Hall–Kier alpha value is -4.15. The third-order valence-corrected chi connectivity index (χ3v) is 7.26. The minimum atomic E-state index is -0.721. The molecule has 3 heterocycles. The number of amides is 1. The number of aryl methyl sites for hydroxylation is 1. The maximum atomic E-state index is 13.5. The molecule has 0 radical (unpaired) electrons. The van der Waals surface area contributed by atoms with Gasteiger partial charge < -0.3 is 25.2 Å². The summed E-state index contributed by atoms with van der Waals surface area (Å²) < 4.78 is 13.2. The van der Waals surface area contributed by atoms with Crippen LogP contribution >= 0.6 is 0 Å². The summed E-state index contributed by atoms with van der Waals surface area (Å²) in [6, 6.07) is 8.05. The van der Waals surface area contributed by atoms with Crippen LogP contribution in [-0.4, -0.2) is 56.5 Å². The van der Waals surface area contributed by atoms with Crippen LogP contribution < -0.4 is 20.1 Å². The molecule has 11 nitrogen and oxygen atoms in total. The molecule has 3 aromatic rings. The van der Waals surface area contributed by atoms with Crippen LogP contribution in [0.25, 0.3) is 0 Å². The molecule has 200 valence electrons. The van der Waals surface area contributed by atoms with Gasteiger partial charge in [0, 0.05) is 31.8 Å². The van der Waals surface area contributed by atoms with Gasteiger partial charge in [-0.3, -0.25) is 14.3 Å². The third kappa shape index (κ3) is 5.71. The quantitative estimate of drug-likeness (QED) is 0.457. The number of carboxylic acids is 1. The number of carbonyl (C=O) groups excluding carboxylic acids is 1. The van der Waals surface area contributed by atoms with E-state index in [1.54, 1.807) is 15.8 Å². The van der Waals surface area contributed by atoms with Crippen LogP contribution in [0.2, 0.25) is 0 Å². The predicted molar refractivity (Wildman–Crippen MR) is 139 cm³/mol. The lowest BCUT2D eigenvalue weighted by Crippen LogP contribution is -2.32. The summed E-state index contributed by atoms with van der Waals surface area (Å²) in [7, 11) is 1.85. The van der Waals surface area contributed by atoms with Crippen molar-refractivity contribution in [1.82, 2.24) is 19.7 Å². The second kappa shape index (κ2) is 11.1. The van der Waals surface area contributed by atoms with E-state index in [1.165, 1.54) is 5.56 Å². The van der Waals surface area contributed by atoms with E-state index in [4.69, 9.17) is 20.3 Å². The van der Waals surface area contributed by atoms with Gasteiger partial charge >= 0.3 is 12.0 Å². The largest absolute Gasteiger partial charge is 0.481 e. The first kappa shape index (κ1) is 25.5. The van der Waals surface area contributed by atoms with Gasteiger partial charge in [-0.2, -0.15) is 15.1 Å². The van der Waals surface area contributed by atoms with E-state index >= 15 is 0 Å². The lowest BCUT2D eigenvalue weighted by atomic mass is 9.77. The Morgan fingerprint density at radius 2 is 1.95 bits per heavy atom. The topological polar surface area (TPSA) is 146 Å². The summed E-state index contributed by atoms with van der Waals surface area (Å²) in [5, 5.41) is 13.2. The maximum Gasteiger partial charge on any atom is 0.321 e. The van der Waals surface area contributed by atoms with Gasteiger partial charge in [0.15, 0.2) is 0 Å². The van der Waals surface area contributed by atoms with Crippen molar-refractivity contribution in [3.8, 4) is 11.9 Å². The monoisotopic (exact) mass is 520 g/mol. The second-order valence-electron chi connectivity index (χ2n) is 9.90. The van der Waals surface area contributed by atoms with Gasteiger partial charge in [0.25, 0.3) is 5.91 Å². The molecule has 38 heavy (non-hydrogen) atoms. The van der Waals surface area contributed by atoms with Crippen LogP contribution in [0.1, 0.15) is 59.5 Å². The first-order valence-electron chi connectivity index (χ1n) is 12.9. The zero-order valence-electron chi connectivity index (χ0n) is 21.4. The van der Waals surface area contributed by atoms with Crippen LogP contribution in [-0.2, 0) is 18.3 Å². The fraction of sp³-hybridized carbons (Fsp3) is 0.444. The van der Waals surface area contributed by atoms with E-state index in [0.29, 0.717) is 25.5 Å². The summed E-state index contributed by atoms with van der Waals surface area (Å²) in [5.74, 6) is -0.245. The van der Waals surface area contributed by atoms with Gasteiger partial charge in [-0.25, -0.2) is 0 Å². The number of rotatable bonds is 8. The van der Waals surface area contributed by atoms with Gasteiger partial charge in [0.1, 0.15) is 18.0 Å². The fourth-order valence-corrected chi connectivity index (χ4v) is 5.26. The number of anilines is 2. The number of ether oxygens (including phenoxy) is 2. The SMILES string of the molecule is Cn1cc(CCOc2nc(N)c3c(n2)OCCN(c2ccc(C4CCC(CC(=O)O)CC4)cc2)C3=O)cn1. The highest BCUT2D eigenvalue weighted by molar-refractivity contribution is 6.10. The molecular weight excluding hydrogens is 488 g/mol. The number of carboxylic acid groups (broad SMARTS) is 1. The predicted octanol–water partition coefficient (Wildman–Crippen LogP) is 3.20. The fourth-order valence-electron chi connectivity index (χ4n) is 5.26. The molecule has 1 aliphatic carbocycles. The van der Waals surface area contributed by atoms with Crippen molar-refractivity contribution >= 4 is 23.4 Å². The lowest BCUT2D eigenvalue weighted by molar-refractivity contribution is -0.138. The number of carbonyl (C=O) groups is 2. The molecule has 1 amide bonds. The van der Waals surface area contributed by atoms with E-state index in [-0.39, 0.29) is 48.1 Å². The number of nitrogens with two attached hydrogens (primary N) is 1. The molecule has 1 aromatic carbocycles. The highest BCUT2D eigenvalue weighted by Gasteiger charge is 2.30. The smallest absolute Gasteiger partial charge is 0.321 e. The molecule has 3 N–H and O–H groups in total. The molecule has 1 saturated carbocycles. The van der Waals surface area contributed by atoms with E-state index in [2.05, 4.69) is 27.2 Å². The lowest BCUT2D eigenvalue weighted by Gasteiger charge is -2.28. The molecule has 0 atom stereocenters. The first-order valence-corrected chi connectivity index (χ1v) is 12.9. The molecular formula is C27H32N6O5. The second-order valence-corrected chi connectivity index (χ2v) is 9.90. The van der Waals surface area contributed by atoms with Crippen molar-refractivity contribution in [2.24, 2.45) is 13.0 Å². The van der Waals surface area contributed by atoms with Crippen molar-refractivity contribution in [3.63, 3.8) is 0 Å². The van der Waals surface area contributed by atoms with Crippen LogP contribution in [0.3, 0.4) is 0 Å². The number of nitrogens with zero attached hydrogens (tertiary/aromatic N) is 5. The number of nitrogen functional groups attached to an aromatic ring is 1. The number of hydrogen-bond acceptors (Lipinski definition) is 8. The normalized spacial score (nSPS) is 19.4. The van der Waals surface area contributed by atoms with E-state index in [1.807, 2.05) is 25.4 Å². The van der Waals surface area contributed by atoms with E-state index in [0.717, 1.165) is 36.9 Å². The number of fused-ring (bicyclic) bond motifs is 1. The molecule has 2 aliphatic rings. The van der Waals surface area contributed by atoms with Gasteiger partial charge in [0.05, 0.1) is 19.3 Å². The van der Waals surface area contributed by atoms with Gasteiger partial charge in [-0.1, -0.05) is 12.1 Å². The Kier molecular flexibility index (Phi) is 7.43. The minimum Gasteiger partial charge on any atom is -0.481 e. The van der Waals surface area contributed by atoms with Gasteiger partial charge in [-0.05, 0) is 60.8 Å².